The minimum Gasteiger partial charge on any atom is -0.500 e. The molecule has 0 aliphatic heterocycles. The van der Waals surface area contributed by atoms with Crippen LogP contribution in [0.1, 0.15) is 20.8 Å². The van der Waals surface area contributed by atoms with Crippen LogP contribution in [0.25, 0.3) is 0 Å². The molecule has 0 radical (unpaired) electrons. The summed E-state index contributed by atoms with van der Waals surface area (Å²) < 4.78 is 9.75. The van der Waals surface area contributed by atoms with E-state index in [1.807, 2.05) is 0 Å². The lowest BCUT2D eigenvalue weighted by Gasteiger charge is -2.19. The van der Waals surface area contributed by atoms with Crippen LogP contribution in [0.4, 0.5) is 4.79 Å². The topological polar surface area (TPSA) is 47.6 Å². The van der Waals surface area contributed by atoms with E-state index in [2.05, 4.69) is 11.9 Å². The number of methoxy groups -OCH3 is 1. The minimum absolute atomic E-state index is 0.269. The summed E-state index contributed by atoms with van der Waals surface area (Å²) in [6.07, 6.45) is -0.467. The maximum Gasteiger partial charge on any atom is 0.408 e. The summed E-state index contributed by atoms with van der Waals surface area (Å²) in [5.74, 6) is 0.492. The van der Waals surface area contributed by atoms with E-state index in [0.717, 1.165) is 0 Å². The van der Waals surface area contributed by atoms with Crippen LogP contribution >= 0.6 is 0 Å². The highest BCUT2D eigenvalue weighted by atomic mass is 16.6. The molecule has 0 bridgehead atoms. The lowest BCUT2D eigenvalue weighted by atomic mass is 10.2. The Hall–Kier alpha value is -1.19. The maximum absolute atomic E-state index is 11.0. The fraction of sp³-hybridized carbons (Fsp3) is 0.667. The van der Waals surface area contributed by atoms with Crippen LogP contribution in [-0.2, 0) is 9.47 Å². The van der Waals surface area contributed by atoms with Crippen LogP contribution < -0.4 is 5.32 Å². The van der Waals surface area contributed by atoms with Gasteiger partial charge in [0.05, 0.1) is 13.7 Å². The molecule has 0 unspecified atom stereocenters. The SMILES string of the molecule is C=C(CNC(=O)OC(C)(C)C)OC. The molecule has 0 aliphatic rings. The van der Waals surface area contributed by atoms with Gasteiger partial charge in [-0.3, -0.25) is 0 Å². The summed E-state index contributed by atoms with van der Waals surface area (Å²) in [6.45, 7) is 9.23. The van der Waals surface area contributed by atoms with Crippen LogP contribution in [0.3, 0.4) is 0 Å². The van der Waals surface area contributed by atoms with E-state index < -0.39 is 11.7 Å². The van der Waals surface area contributed by atoms with Crippen molar-refractivity contribution in [2.24, 2.45) is 0 Å². The Bertz CT molecular complexity index is 194. The van der Waals surface area contributed by atoms with Crippen molar-refractivity contribution < 1.29 is 14.3 Å². The van der Waals surface area contributed by atoms with Crippen molar-refractivity contribution in [3.05, 3.63) is 12.3 Å². The van der Waals surface area contributed by atoms with Crippen molar-refractivity contribution in [2.45, 2.75) is 26.4 Å². The molecule has 4 nitrogen and oxygen atoms in total. The lowest BCUT2D eigenvalue weighted by molar-refractivity contribution is 0.0525. The first-order valence-corrected chi connectivity index (χ1v) is 4.04. The Balaban J connectivity index is 3.71. The van der Waals surface area contributed by atoms with Gasteiger partial charge in [0.2, 0.25) is 0 Å². The second-order valence-electron chi connectivity index (χ2n) is 3.60. The second kappa shape index (κ2) is 4.74. The van der Waals surface area contributed by atoms with Crippen LogP contribution in [0.5, 0.6) is 0 Å². The summed E-state index contributed by atoms with van der Waals surface area (Å²) in [7, 11) is 1.50. The highest BCUT2D eigenvalue weighted by Crippen LogP contribution is 2.06. The van der Waals surface area contributed by atoms with Crippen LogP contribution in [0, 0.1) is 0 Å². The Morgan fingerprint density at radius 1 is 1.46 bits per heavy atom. The van der Waals surface area contributed by atoms with Crippen LogP contribution in [0.2, 0.25) is 0 Å². The van der Waals surface area contributed by atoms with Gasteiger partial charge in [0.15, 0.2) is 0 Å². The van der Waals surface area contributed by atoms with Crippen molar-refractivity contribution in [1.29, 1.82) is 0 Å². The highest BCUT2D eigenvalue weighted by molar-refractivity contribution is 5.67. The van der Waals surface area contributed by atoms with Crippen molar-refractivity contribution in [3.8, 4) is 0 Å². The normalized spacial score (nSPS) is 10.5. The number of hydrogen-bond donors (Lipinski definition) is 1. The van der Waals surface area contributed by atoms with Crippen LogP contribution in [0.15, 0.2) is 12.3 Å². The third-order valence-electron chi connectivity index (χ3n) is 1.12. The molecule has 76 valence electrons. The molecule has 4 heteroatoms. The number of ether oxygens (including phenoxy) is 2. The average Bonchev–Trinajstić information content (AvgIpc) is 1.97. The molecule has 1 N–H and O–H groups in total. The van der Waals surface area contributed by atoms with E-state index in [4.69, 9.17) is 9.47 Å². The zero-order valence-corrected chi connectivity index (χ0v) is 8.64. The first-order chi connectivity index (χ1) is 5.85. The molecule has 1 amide bonds. The van der Waals surface area contributed by atoms with E-state index in [0.29, 0.717) is 5.76 Å². The van der Waals surface area contributed by atoms with Crippen molar-refractivity contribution in [3.63, 3.8) is 0 Å². The van der Waals surface area contributed by atoms with E-state index in [1.54, 1.807) is 20.8 Å². The van der Waals surface area contributed by atoms with E-state index in [1.165, 1.54) is 7.11 Å². The molecule has 0 saturated carbocycles. The highest BCUT2D eigenvalue weighted by Gasteiger charge is 2.15. The third-order valence-corrected chi connectivity index (χ3v) is 1.12. The molecule has 0 rings (SSSR count). The monoisotopic (exact) mass is 187 g/mol. The maximum atomic E-state index is 11.0. The molecule has 0 aliphatic carbocycles. The number of alkyl carbamates (subject to hydrolysis) is 1. The van der Waals surface area contributed by atoms with Gasteiger partial charge >= 0.3 is 6.09 Å². The number of hydrogen-bond acceptors (Lipinski definition) is 3. The largest absolute Gasteiger partial charge is 0.500 e. The first-order valence-electron chi connectivity index (χ1n) is 4.04. The first kappa shape index (κ1) is 11.8. The molecule has 0 heterocycles. The number of carbonyl (C=O) groups excluding carboxylic acids is 1. The molecule has 0 atom stereocenters. The standard InChI is InChI=1S/C9H17NO3/c1-7(12-5)6-10-8(11)13-9(2,3)4/h1,6H2,2-5H3,(H,10,11). The summed E-state index contributed by atoms with van der Waals surface area (Å²) >= 11 is 0. The Morgan fingerprint density at radius 2 is 2.00 bits per heavy atom. The molecule has 13 heavy (non-hydrogen) atoms. The van der Waals surface area contributed by atoms with Gasteiger partial charge in [0.1, 0.15) is 11.4 Å². The smallest absolute Gasteiger partial charge is 0.408 e. The third kappa shape index (κ3) is 7.18. The van der Waals surface area contributed by atoms with Gasteiger partial charge in [0, 0.05) is 0 Å². The molecule has 0 fully saturated rings. The minimum atomic E-state index is -0.474. The predicted octanol–water partition coefficient (Wildman–Crippen LogP) is 1.67. The second-order valence-corrected chi connectivity index (χ2v) is 3.60. The van der Waals surface area contributed by atoms with Crippen LogP contribution in [-0.4, -0.2) is 25.3 Å². The fourth-order valence-corrected chi connectivity index (χ4v) is 0.557. The molecule has 0 aromatic heterocycles. The molecule has 0 spiro atoms. The van der Waals surface area contributed by atoms with Crippen molar-refractivity contribution in [2.75, 3.05) is 13.7 Å². The quantitative estimate of drug-likeness (QED) is 0.684. The number of amides is 1. The van der Waals surface area contributed by atoms with Gasteiger partial charge < -0.3 is 14.8 Å². The van der Waals surface area contributed by atoms with Gasteiger partial charge in [-0.05, 0) is 20.8 Å². The zero-order chi connectivity index (χ0) is 10.5. The summed E-state index contributed by atoms with van der Waals surface area (Å²) in [5, 5.41) is 2.50. The van der Waals surface area contributed by atoms with Crippen molar-refractivity contribution >= 4 is 6.09 Å². The number of carbonyl (C=O) groups is 1. The lowest BCUT2D eigenvalue weighted by Crippen LogP contribution is -2.33. The van der Waals surface area contributed by atoms with Gasteiger partial charge in [-0.2, -0.15) is 0 Å². The number of nitrogens with one attached hydrogen (secondary N) is 1. The van der Waals surface area contributed by atoms with Gasteiger partial charge in [-0.15, -0.1) is 0 Å². The van der Waals surface area contributed by atoms with E-state index in [9.17, 15) is 4.79 Å². The Morgan fingerprint density at radius 3 is 2.38 bits per heavy atom. The summed E-state index contributed by atoms with van der Waals surface area (Å²) in [5.41, 5.74) is -0.474. The fourth-order valence-electron chi connectivity index (χ4n) is 0.557. The molecular formula is C9H17NO3. The van der Waals surface area contributed by atoms with Gasteiger partial charge in [0.25, 0.3) is 0 Å². The summed E-state index contributed by atoms with van der Waals surface area (Å²) in [6, 6.07) is 0. The van der Waals surface area contributed by atoms with Gasteiger partial charge in [-0.25, -0.2) is 4.79 Å². The summed E-state index contributed by atoms with van der Waals surface area (Å²) in [4.78, 5) is 11.0. The van der Waals surface area contributed by atoms with Gasteiger partial charge in [-0.1, -0.05) is 6.58 Å². The average molecular weight is 187 g/mol. The molecule has 0 aromatic carbocycles. The number of rotatable bonds is 3. The van der Waals surface area contributed by atoms with E-state index >= 15 is 0 Å². The molecular weight excluding hydrogens is 170 g/mol. The van der Waals surface area contributed by atoms with E-state index in [-0.39, 0.29) is 6.54 Å². The Labute approximate surface area is 78.9 Å². The van der Waals surface area contributed by atoms with Crippen molar-refractivity contribution in [1.82, 2.24) is 5.32 Å². The molecule has 0 saturated heterocycles. The molecule has 0 aromatic rings. The zero-order valence-electron chi connectivity index (χ0n) is 8.64. The predicted molar refractivity (Wildman–Crippen MR) is 50.4 cm³/mol. The Kier molecular flexibility index (Phi) is 4.31.